The highest BCUT2D eigenvalue weighted by atomic mass is 32.1. The van der Waals surface area contributed by atoms with E-state index >= 15 is 0 Å². The molecular formula is C13H24N4OS. The van der Waals surface area contributed by atoms with Gasteiger partial charge in [0.15, 0.2) is 5.82 Å². The predicted octanol–water partition coefficient (Wildman–Crippen LogP) is 2.49. The van der Waals surface area contributed by atoms with Crippen LogP contribution in [-0.4, -0.2) is 29.4 Å². The molecule has 6 heteroatoms. The fraction of sp³-hybridized carbons (Fsp3) is 0.692. The maximum atomic E-state index is 12.2. The van der Waals surface area contributed by atoms with Crippen LogP contribution in [0.15, 0.2) is 0 Å². The maximum Gasteiger partial charge on any atom is 0.258 e. The van der Waals surface area contributed by atoms with Crippen LogP contribution in [0.3, 0.4) is 0 Å². The largest absolute Gasteiger partial charge is 0.382 e. The van der Waals surface area contributed by atoms with E-state index in [-0.39, 0.29) is 11.9 Å². The SMILES string of the molecule is CCCC(C)N(C)c1snc(N)c1C(=O)NC(C)C. The second-order valence-corrected chi connectivity index (χ2v) is 5.88. The minimum absolute atomic E-state index is 0.0815. The van der Waals surface area contributed by atoms with Crippen molar-refractivity contribution >= 4 is 28.3 Å². The lowest BCUT2D eigenvalue weighted by molar-refractivity contribution is 0.0944. The number of nitrogens with one attached hydrogen (secondary N) is 1. The molecule has 0 radical (unpaired) electrons. The van der Waals surface area contributed by atoms with E-state index in [1.54, 1.807) is 0 Å². The summed E-state index contributed by atoms with van der Waals surface area (Å²) >= 11 is 1.28. The molecule has 1 amide bonds. The number of carbonyl (C=O) groups excluding carboxylic acids is 1. The molecule has 5 nitrogen and oxygen atoms in total. The highest BCUT2D eigenvalue weighted by Gasteiger charge is 2.24. The predicted molar refractivity (Wildman–Crippen MR) is 81.9 cm³/mol. The molecule has 108 valence electrons. The molecule has 1 atom stereocenters. The van der Waals surface area contributed by atoms with Crippen LogP contribution in [0, 0.1) is 0 Å². The lowest BCUT2D eigenvalue weighted by Crippen LogP contribution is -2.34. The van der Waals surface area contributed by atoms with E-state index in [1.807, 2.05) is 20.9 Å². The minimum atomic E-state index is -0.146. The summed E-state index contributed by atoms with van der Waals surface area (Å²) in [6, 6.07) is 0.438. The molecular weight excluding hydrogens is 260 g/mol. The van der Waals surface area contributed by atoms with Crippen molar-refractivity contribution < 1.29 is 4.79 Å². The number of hydrogen-bond acceptors (Lipinski definition) is 5. The van der Waals surface area contributed by atoms with E-state index in [1.165, 1.54) is 11.5 Å². The normalized spacial score (nSPS) is 12.5. The van der Waals surface area contributed by atoms with Crippen molar-refractivity contribution in [1.82, 2.24) is 9.69 Å². The molecule has 1 rings (SSSR count). The van der Waals surface area contributed by atoms with Gasteiger partial charge in [-0.05, 0) is 38.7 Å². The number of nitrogen functional groups attached to an aromatic ring is 1. The van der Waals surface area contributed by atoms with Gasteiger partial charge in [-0.25, -0.2) is 0 Å². The van der Waals surface area contributed by atoms with E-state index in [2.05, 4.69) is 28.4 Å². The van der Waals surface area contributed by atoms with Crippen molar-refractivity contribution in [3.05, 3.63) is 5.56 Å². The zero-order chi connectivity index (χ0) is 14.6. The minimum Gasteiger partial charge on any atom is -0.382 e. The fourth-order valence-corrected chi connectivity index (χ4v) is 2.77. The molecule has 0 aliphatic heterocycles. The third-order valence-electron chi connectivity index (χ3n) is 3.04. The Morgan fingerprint density at radius 2 is 2.11 bits per heavy atom. The highest BCUT2D eigenvalue weighted by Crippen LogP contribution is 2.31. The highest BCUT2D eigenvalue weighted by molar-refractivity contribution is 7.11. The first kappa shape index (κ1) is 15.8. The molecule has 1 unspecified atom stereocenters. The summed E-state index contributed by atoms with van der Waals surface area (Å²) in [7, 11) is 1.99. The van der Waals surface area contributed by atoms with Crippen LogP contribution in [0.2, 0.25) is 0 Å². The Morgan fingerprint density at radius 1 is 1.47 bits per heavy atom. The van der Waals surface area contributed by atoms with E-state index in [4.69, 9.17) is 5.73 Å². The van der Waals surface area contributed by atoms with Crippen molar-refractivity contribution in [2.75, 3.05) is 17.7 Å². The Labute approximate surface area is 119 Å². The Bertz CT molecular complexity index is 430. The van der Waals surface area contributed by atoms with Crippen LogP contribution in [0.5, 0.6) is 0 Å². The van der Waals surface area contributed by atoms with Crippen molar-refractivity contribution in [2.45, 2.75) is 52.6 Å². The van der Waals surface area contributed by atoms with Gasteiger partial charge in [-0.3, -0.25) is 4.79 Å². The van der Waals surface area contributed by atoms with Gasteiger partial charge in [0.2, 0.25) is 0 Å². The molecule has 0 spiro atoms. The number of rotatable bonds is 6. The third-order valence-corrected chi connectivity index (χ3v) is 3.99. The summed E-state index contributed by atoms with van der Waals surface area (Å²) in [5, 5.41) is 3.72. The molecule has 0 saturated heterocycles. The smallest absolute Gasteiger partial charge is 0.258 e. The maximum absolute atomic E-state index is 12.2. The topological polar surface area (TPSA) is 71.2 Å². The van der Waals surface area contributed by atoms with Gasteiger partial charge in [0.25, 0.3) is 5.91 Å². The van der Waals surface area contributed by atoms with Crippen LogP contribution in [0.1, 0.15) is 50.9 Å². The van der Waals surface area contributed by atoms with Crippen LogP contribution in [0.4, 0.5) is 10.8 Å². The molecule has 1 aromatic rings. The van der Waals surface area contributed by atoms with Gasteiger partial charge < -0.3 is 16.0 Å². The number of hydrogen-bond donors (Lipinski definition) is 2. The number of nitrogens with zero attached hydrogens (tertiary/aromatic N) is 2. The van der Waals surface area contributed by atoms with Crippen LogP contribution < -0.4 is 16.0 Å². The van der Waals surface area contributed by atoms with Gasteiger partial charge in [0.05, 0.1) is 0 Å². The number of aromatic nitrogens is 1. The first-order valence-corrected chi connectivity index (χ1v) is 7.44. The number of nitrogens with two attached hydrogens (primary N) is 1. The quantitative estimate of drug-likeness (QED) is 0.842. The second-order valence-electron chi connectivity index (χ2n) is 5.12. The molecule has 1 heterocycles. The molecule has 3 N–H and O–H groups in total. The average molecular weight is 284 g/mol. The van der Waals surface area contributed by atoms with Crippen molar-refractivity contribution in [2.24, 2.45) is 0 Å². The summed E-state index contributed by atoms with van der Waals surface area (Å²) in [5.41, 5.74) is 6.35. The molecule has 1 aromatic heterocycles. The summed E-state index contributed by atoms with van der Waals surface area (Å²) in [5.74, 6) is 0.167. The molecule has 0 aliphatic carbocycles. The Balaban J connectivity index is 3.00. The number of carbonyl (C=O) groups is 1. The van der Waals surface area contributed by atoms with Gasteiger partial charge in [-0.15, -0.1) is 0 Å². The lowest BCUT2D eigenvalue weighted by atomic mass is 10.1. The monoisotopic (exact) mass is 284 g/mol. The lowest BCUT2D eigenvalue weighted by Gasteiger charge is -2.25. The van der Waals surface area contributed by atoms with Crippen LogP contribution in [-0.2, 0) is 0 Å². The van der Waals surface area contributed by atoms with Crippen molar-refractivity contribution in [3.63, 3.8) is 0 Å². The van der Waals surface area contributed by atoms with Crippen molar-refractivity contribution in [3.8, 4) is 0 Å². The Hall–Kier alpha value is -1.30. The average Bonchev–Trinajstić information content (AvgIpc) is 2.69. The molecule has 0 aromatic carbocycles. The van der Waals surface area contributed by atoms with Crippen LogP contribution >= 0.6 is 11.5 Å². The summed E-state index contributed by atoms with van der Waals surface area (Å²) in [6.45, 7) is 8.15. The van der Waals surface area contributed by atoms with Gasteiger partial charge in [-0.1, -0.05) is 13.3 Å². The summed E-state index contributed by atoms with van der Waals surface area (Å²) < 4.78 is 4.13. The van der Waals surface area contributed by atoms with Crippen molar-refractivity contribution in [1.29, 1.82) is 0 Å². The summed E-state index contributed by atoms with van der Waals surface area (Å²) in [6.07, 6.45) is 2.17. The van der Waals surface area contributed by atoms with Crippen LogP contribution in [0.25, 0.3) is 0 Å². The summed E-state index contributed by atoms with van der Waals surface area (Å²) in [4.78, 5) is 14.3. The van der Waals surface area contributed by atoms with E-state index in [0.29, 0.717) is 17.4 Å². The van der Waals surface area contributed by atoms with Gasteiger partial charge in [0, 0.05) is 19.1 Å². The molecule has 0 saturated carbocycles. The Morgan fingerprint density at radius 3 is 2.63 bits per heavy atom. The molecule has 19 heavy (non-hydrogen) atoms. The van der Waals surface area contributed by atoms with Gasteiger partial charge >= 0.3 is 0 Å². The first-order chi connectivity index (χ1) is 8.88. The number of amides is 1. The first-order valence-electron chi connectivity index (χ1n) is 6.67. The van der Waals surface area contributed by atoms with E-state index in [9.17, 15) is 4.79 Å². The fourth-order valence-electron chi connectivity index (χ4n) is 1.89. The molecule has 0 bridgehead atoms. The zero-order valence-electron chi connectivity index (χ0n) is 12.4. The van der Waals surface area contributed by atoms with Gasteiger partial charge in [-0.2, -0.15) is 4.37 Å². The molecule has 0 aliphatic rings. The second kappa shape index (κ2) is 6.75. The number of anilines is 2. The Kier molecular flexibility index (Phi) is 5.60. The van der Waals surface area contributed by atoms with Gasteiger partial charge in [0.1, 0.15) is 10.6 Å². The standard InChI is InChI=1S/C13H24N4OS/c1-6-7-9(4)17(5)13-10(11(14)16-19-13)12(18)15-8(2)3/h8-9H,6-7H2,1-5H3,(H2,14,16)(H,15,18). The molecule has 0 fully saturated rings. The zero-order valence-corrected chi connectivity index (χ0v) is 13.2. The van der Waals surface area contributed by atoms with E-state index < -0.39 is 0 Å². The van der Waals surface area contributed by atoms with E-state index in [0.717, 1.165) is 17.8 Å². The third kappa shape index (κ3) is 3.83.